The van der Waals surface area contributed by atoms with Crippen molar-refractivity contribution in [1.82, 2.24) is 0 Å². The molecule has 3 N–H and O–H groups in total. The van der Waals surface area contributed by atoms with E-state index < -0.39 is 10.2 Å². The molecule has 0 aromatic heterocycles. The smallest absolute Gasteiger partial charge is 0.269 e. The Bertz CT molecular complexity index is 3060. The highest BCUT2D eigenvalue weighted by atomic mass is 35.5. The monoisotopic (exact) mass is 963 g/mol. The molecule has 0 radical (unpaired) electrons. The van der Waals surface area contributed by atoms with E-state index in [1.54, 1.807) is 36.2 Å². The Morgan fingerprint density at radius 1 is 0.643 bits per heavy atom. The highest BCUT2D eigenvalue weighted by Crippen LogP contribution is 2.46. The first-order valence-corrected chi connectivity index (χ1v) is 22.2. The van der Waals surface area contributed by atoms with E-state index in [0.717, 1.165) is 67.2 Å². The van der Waals surface area contributed by atoms with Crippen LogP contribution in [0, 0.1) is 58.6 Å². The number of nitrogen functional groups attached to an aromatic ring is 1. The average Bonchev–Trinajstić information content (AvgIpc) is 3.33. The van der Waals surface area contributed by atoms with Crippen LogP contribution in [0.3, 0.4) is 0 Å². The summed E-state index contributed by atoms with van der Waals surface area (Å²) in [6.07, 6.45) is 0. The van der Waals surface area contributed by atoms with Crippen LogP contribution in [0.4, 0.5) is 28.4 Å². The quantitative estimate of drug-likeness (QED) is 0.0338. The van der Waals surface area contributed by atoms with Crippen LogP contribution in [0.15, 0.2) is 133 Å². The van der Waals surface area contributed by atoms with E-state index in [1.807, 2.05) is 121 Å². The summed E-state index contributed by atoms with van der Waals surface area (Å²) in [5, 5.41) is 13.3. The predicted octanol–water partition coefficient (Wildman–Crippen LogP) is 12.3. The maximum Gasteiger partial charge on any atom is 0.269 e. The molecule has 2 heterocycles. The minimum Gasteiger partial charge on any atom is -0.496 e. The predicted molar refractivity (Wildman–Crippen MR) is 280 cm³/mol. The van der Waals surface area contributed by atoms with Crippen LogP contribution in [0.25, 0.3) is 0 Å². The average molecular weight is 965 g/mol. The number of β-lactam (4-membered cyclic amide) rings is 2. The van der Waals surface area contributed by atoms with Gasteiger partial charge in [0, 0.05) is 69.3 Å². The summed E-state index contributed by atoms with van der Waals surface area (Å²) in [7, 11) is 3.24. The molecular formula is C56H58ClN5O8. The molecule has 2 aliphatic heterocycles. The summed E-state index contributed by atoms with van der Waals surface area (Å²) in [5.74, 6) is 0.850. The van der Waals surface area contributed by atoms with Crippen LogP contribution in [0.5, 0.6) is 11.5 Å². The zero-order valence-electron chi connectivity index (χ0n) is 40.0. The Kier molecular flexibility index (Phi) is 16.6. The van der Waals surface area contributed by atoms with Crippen molar-refractivity contribution < 1.29 is 33.6 Å². The van der Waals surface area contributed by atoms with Crippen LogP contribution in [0.1, 0.15) is 90.3 Å². The van der Waals surface area contributed by atoms with E-state index in [4.69, 9.17) is 26.8 Å². The number of ether oxygens (including phenoxy) is 2. The molecule has 70 heavy (non-hydrogen) atoms. The number of hydrogen-bond donors (Lipinski definition) is 2. The molecule has 8 rings (SSSR count). The lowest BCUT2D eigenvalue weighted by Gasteiger charge is -2.43. The number of nitrogens with zero attached hydrogens (tertiary/aromatic N) is 3. The van der Waals surface area contributed by atoms with Gasteiger partial charge in [0.2, 0.25) is 0 Å². The molecule has 6 aromatic carbocycles. The summed E-state index contributed by atoms with van der Waals surface area (Å²) in [5.41, 5.74) is 19.6. The van der Waals surface area contributed by atoms with E-state index in [-0.39, 0.29) is 42.9 Å². The van der Waals surface area contributed by atoms with E-state index in [1.165, 1.54) is 24.3 Å². The Morgan fingerprint density at radius 3 is 1.51 bits per heavy atom. The molecule has 2 atom stereocenters. The van der Waals surface area contributed by atoms with E-state index in [2.05, 4.69) is 18.5 Å². The van der Waals surface area contributed by atoms with Gasteiger partial charge in [0.05, 0.1) is 31.2 Å². The highest BCUT2D eigenvalue weighted by molar-refractivity contribution is 6.67. The van der Waals surface area contributed by atoms with Gasteiger partial charge in [-0.2, -0.15) is 0 Å². The number of nitro benzene ring substituents is 1. The van der Waals surface area contributed by atoms with Gasteiger partial charge in [0.25, 0.3) is 28.7 Å². The van der Waals surface area contributed by atoms with Crippen LogP contribution < -0.4 is 30.3 Å². The molecule has 0 saturated carbocycles. The molecular weight excluding hydrogens is 906 g/mol. The van der Waals surface area contributed by atoms with Crippen LogP contribution in [0.2, 0.25) is 0 Å². The third kappa shape index (κ3) is 11.0. The second-order valence-corrected chi connectivity index (χ2v) is 17.3. The molecule has 0 aliphatic carbocycles. The number of halogens is 1. The molecule has 2 saturated heterocycles. The van der Waals surface area contributed by atoms with Gasteiger partial charge in [-0.3, -0.25) is 39.1 Å². The van der Waals surface area contributed by atoms with Crippen molar-refractivity contribution in [2.45, 2.75) is 68.0 Å². The van der Waals surface area contributed by atoms with Gasteiger partial charge in [-0.1, -0.05) is 62.5 Å². The van der Waals surface area contributed by atoms with Gasteiger partial charge in [-0.15, -0.1) is 0 Å². The number of hydrogen-bond acceptors (Lipinski definition) is 9. The first-order chi connectivity index (χ1) is 32.7. The van der Waals surface area contributed by atoms with Gasteiger partial charge in [-0.25, -0.2) is 0 Å². The number of carbonyl (C=O) groups is 4. The molecule has 0 bridgehead atoms. The summed E-state index contributed by atoms with van der Waals surface area (Å²) in [6.45, 7) is 21.7. The number of carbonyl (C=O) groups excluding carboxylic acids is 4. The second kappa shape index (κ2) is 21.9. The fourth-order valence-electron chi connectivity index (χ4n) is 7.90. The third-order valence-electron chi connectivity index (χ3n) is 12.4. The van der Waals surface area contributed by atoms with Crippen molar-refractivity contribution >= 4 is 63.0 Å². The number of methoxy groups -OCH3 is 2. The van der Waals surface area contributed by atoms with Gasteiger partial charge in [0.1, 0.15) is 11.5 Å². The SMILES string of the molecule is C.C=C1C(=O)N(c2cc(C)c(C)c(OC)c2)[C@H]1c1ccc(C)c(N)c1.C=C1C(=O)N(c2cc(C)c(C)c(OC)c2)[C@H]1c1ccc(C)c(NC(=O)c2ccc([N+](=O)[O-])cc2)c1.Cc1ccc(C(=O)Cl)cc1. The minimum atomic E-state index is -0.515. The molecule has 0 unspecified atom stereocenters. The fraction of sp³-hybridized carbons (Fsp3) is 0.214. The maximum absolute atomic E-state index is 12.8. The molecule has 14 heteroatoms. The van der Waals surface area contributed by atoms with Crippen molar-refractivity contribution in [3.63, 3.8) is 0 Å². The van der Waals surface area contributed by atoms with Crippen LogP contribution in [-0.4, -0.2) is 42.1 Å². The molecule has 13 nitrogen and oxygen atoms in total. The molecule has 0 spiro atoms. The van der Waals surface area contributed by atoms with Gasteiger partial charge >= 0.3 is 0 Å². The summed E-state index contributed by atoms with van der Waals surface area (Å²) < 4.78 is 10.9. The van der Waals surface area contributed by atoms with Gasteiger partial charge in [-0.05, 0) is 153 Å². The summed E-state index contributed by atoms with van der Waals surface area (Å²) >= 11 is 5.22. The van der Waals surface area contributed by atoms with Crippen molar-refractivity contribution in [3.05, 3.63) is 205 Å². The standard InChI is InChI=1S/C27H25N3O5.C20H22N2O2.C8H7ClO.CH4/c1-15-6-7-20(13-23(15)28-26(31)19-8-10-21(11-9-19)30(33)34)25-18(4)27(32)29(25)22-12-16(2)17(3)24(14-22)35-5;1-11-6-7-15(9-17(11)21)19-14(4)20(23)22(19)16-8-12(2)13(3)18(10-16)24-5;1-6-2-4-7(5-3-6)8(9)10;/h6-14,25H,4H2,1-3,5H3,(H,28,31);6-10,19H,4,21H2,1-3,5H3;2-5H,1H3;1H4/t25-;19-;;/m11../s1. The number of nitrogens with two attached hydrogens (primary N) is 1. The minimum absolute atomic E-state index is 0. The number of nitro groups is 1. The number of amides is 3. The van der Waals surface area contributed by atoms with Crippen LogP contribution in [-0.2, 0) is 9.59 Å². The zero-order chi connectivity index (χ0) is 50.6. The Morgan fingerprint density at radius 2 is 1.09 bits per heavy atom. The van der Waals surface area contributed by atoms with E-state index in [9.17, 15) is 29.3 Å². The molecule has 2 aliphatic rings. The number of rotatable bonds is 10. The van der Waals surface area contributed by atoms with Gasteiger partial charge in [0.15, 0.2) is 0 Å². The zero-order valence-corrected chi connectivity index (χ0v) is 40.8. The van der Waals surface area contributed by atoms with Gasteiger partial charge < -0.3 is 20.5 Å². The normalized spacial score (nSPS) is 14.7. The molecule has 3 amide bonds. The third-order valence-corrected chi connectivity index (χ3v) is 12.7. The van der Waals surface area contributed by atoms with Crippen LogP contribution >= 0.6 is 11.6 Å². The number of benzene rings is 6. The Hall–Kier alpha value is -8.03. The lowest BCUT2D eigenvalue weighted by atomic mass is 9.87. The molecule has 6 aromatic rings. The Balaban J connectivity index is 0.000000224. The first kappa shape index (κ1) is 52.9. The highest BCUT2D eigenvalue weighted by Gasteiger charge is 2.44. The van der Waals surface area contributed by atoms with Crippen molar-refractivity contribution in [2.24, 2.45) is 0 Å². The topological polar surface area (TPSA) is 174 Å². The number of anilines is 4. The number of non-ortho nitro benzene ring substituents is 1. The first-order valence-electron chi connectivity index (χ1n) is 21.8. The van der Waals surface area contributed by atoms with E-state index >= 15 is 0 Å². The second-order valence-electron chi connectivity index (χ2n) is 17.0. The summed E-state index contributed by atoms with van der Waals surface area (Å²) in [4.78, 5) is 62.3. The molecule has 362 valence electrons. The van der Waals surface area contributed by atoms with Crippen molar-refractivity contribution in [1.29, 1.82) is 0 Å². The lowest BCUT2D eigenvalue weighted by Crippen LogP contribution is -2.49. The lowest BCUT2D eigenvalue weighted by molar-refractivity contribution is -0.384. The molecule has 2 fully saturated rings. The number of aryl methyl sites for hydroxylation is 5. The fourth-order valence-corrected chi connectivity index (χ4v) is 8.02. The maximum atomic E-state index is 12.8. The van der Waals surface area contributed by atoms with E-state index in [0.29, 0.717) is 39.4 Å². The van der Waals surface area contributed by atoms with Crippen molar-refractivity contribution in [2.75, 3.05) is 35.1 Å². The Labute approximate surface area is 414 Å². The summed E-state index contributed by atoms with van der Waals surface area (Å²) in [6, 6.07) is 31.2. The number of nitrogens with one attached hydrogen (secondary N) is 1. The van der Waals surface area contributed by atoms with Crippen molar-refractivity contribution in [3.8, 4) is 11.5 Å². The largest absolute Gasteiger partial charge is 0.496 e.